The van der Waals surface area contributed by atoms with Crippen molar-refractivity contribution >= 4 is 25.7 Å². The van der Waals surface area contributed by atoms with Gasteiger partial charge in [0.25, 0.3) is 0 Å². The molecule has 0 fully saturated rings. The average molecular weight is 784 g/mol. The van der Waals surface area contributed by atoms with E-state index in [1.54, 1.807) is 0 Å². The monoisotopic (exact) mass is 784 g/mol. The lowest BCUT2D eigenvalue weighted by molar-refractivity contribution is -0.147. The highest BCUT2D eigenvalue weighted by Gasteiger charge is 2.28. The number of carbonyl (C=O) groups excluding carboxylic acids is 2. The molecule has 0 rings (SSSR count). The van der Waals surface area contributed by atoms with E-state index < -0.39 is 57.6 Å². The van der Waals surface area contributed by atoms with Crippen molar-refractivity contribution in [3.05, 3.63) is 48.6 Å². The maximum Gasteiger partial charge on any atom is 0.472 e. The molecule has 0 aromatic carbocycles. The predicted octanol–water partition coefficient (Wildman–Crippen LogP) is 10.2. The van der Waals surface area contributed by atoms with Gasteiger partial charge in [0.05, 0.1) is 13.2 Å². The van der Waals surface area contributed by atoms with E-state index in [-0.39, 0.29) is 12.8 Å². The average Bonchev–Trinajstić information content (AvgIpc) is 3.14. The van der Waals surface area contributed by atoms with Crippen LogP contribution in [0.25, 0.3) is 0 Å². The van der Waals surface area contributed by atoms with E-state index in [1.165, 1.54) is 77.0 Å². The van der Waals surface area contributed by atoms with E-state index in [4.69, 9.17) is 13.8 Å². The van der Waals surface area contributed by atoms with Crippen LogP contribution in [0.5, 0.6) is 0 Å². The quantitative estimate of drug-likeness (QED) is 0.0205. The first-order chi connectivity index (χ1) is 26.1. The number of aliphatic hydroxyl groups is 1. The number of nitrogens with one attached hydrogen (secondary N) is 1. The third kappa shape index (κ3) is 36.4. The van der Waals surface area contributed by atoms with Gasteiger partial charge in [0.1, 0.15) is 12.7 Å². The molecule has 0 aliphatic rings. The molecule has 54 heavy (non-hydrogen) atoms. The number of amides is 1. The van der Waals surface area contributed by atoms with Crippen molar-refractivity contribution in [2.45, 2.75) is 180 Å². The Hall–Kier alpha value is -2.56. The van der Waals surface area contributed by atoms with E-state index >= 15 is 0 Å². The molecular weight excluding hydrogens is 709 g/mol. The molecule has 312 valence electrons. The van der Waals surface area contributed by atoms with Crippen LogP contribution in [-0.4, -0.2) is 64.9 Å². The van der Waals surface area contributed by atoms with Gasteiger partial charge in [-0.2, -0.15) is 0 Å². The molecule has 3 unspecified atom stereocenters. The van der Waals surface area contributed by atoms with E-state index in [0.717, 1.165) is 44.9 Å². The number of aliphatic carboxylic acids is 1. The molecule has 0 aliphatic carbocycles. The molecule has 0 saturated carbocycles. The van der Waals surface area contributed by atoms with Crippen LogP contribution >= 0.6 is 7.82 Å². The lowest BCUT2D eigenvalue weighted by Crippen LogP contribution is -2.43. The zero-order valence-corrected chi connectivity index (χ0v) is 34.4. The van der Waals surface area contributed by atoms with Gasteiger partial charge in [-0.1, -0.05) is 152 Å². The molecule has 1 amide bonds. The minimum atomic E-state index is -4.77. The highest BCUT2D eigenvalue weighted by Crippen LogP contribution is 2.43. The fourth-order valence-electron chi connectivity index (χ4n) is 5.37. The lowest BCUT2D eigenvalue weighted by atomic mass is 10.0. The van der Waals surface area contributed by atoms with Crippen molar-refractivity contribution in [1.82, 2.24) is 5.32 Å². The van der Waals surface area contributed by atoms with Crippen LogP contribution in [0.15, 0.2) is 48.6 Å². The van der Waals surface area contributed by atoms with Crippen molar-refractivity contribution in [2.24, 2.45) is 0 Å². The number of rotatable bonds is 38. The molecule has 0 aromatic heterocycles. The van der Waals surface area contributed by atoms with Crippen LogP contribution in [0, 0.1) is 0 Å². The summed E-state index contributed by atoms with van der Waals surface area (Å²) in [6.07, 6.45) is 40.0. The van der Waals surface area contributed by atoms with Gasteiger partial charge in [-0.15, -0.1) is 0 Å². The standard InChI is InChI=1S/C42H74NO10P/c1-3-5-7-9-11-13-15-17-18-19-20-22-23-25-27-29-31-33-40(45)43-39(42(47)48)37-53-54(49,50)52-36-38(44)35-51-41(46)34-32-30-28-26-24-21-16-14-12-10-8-6-4-2/h11,13,17-18,20,22,25,27,38-39,44H,3-10,12,14-16,19,21,23-24,26,28-37H2,1-2H3,(H,43,45)(H,47,48)(H,49,50)/b13-11-,18-17-,22-20-,27-25-. The maximum atomic E-state index is 12.3. The summed E-state index contributed by atoms with van der Waals surface area (Å²) in [4.78, 5) is 45.8. The molecule has 0 aromatic rings. The number of allylic oxidation sites excluding steroid dienone is 8. The van der Waals surface area contributed by atoms with Gasteiger partial charge in [0.15, 0.2) is 6.04 Å². The molecular formula is C42H74NO10P. The van der Waals surface area contributed by atoms with Crippen LogP contribution in [0.1, 0.15) is 168 Å². The summed E-state index contributed by atoms with van der Waals surface area (Å²) in [6.45, 7) is 2.51. The van der Waals surface area contributed by atoms with E-state index in [0.29, 0.717) is 19.3 Å². The molecule has 0 radical (unpaired) electrons. The Morgan fingerprint density at radius 3 is 1.56 bits per heavy atom. The Bertz CT molecular complexity index is 1110. The first kappa shape index (κ1) is 51.4. The van der Waals surface area contributed by atoms with Crippen molar-refractivity contribution in [2.75, 3.05) is 19.8 Å². The number of esters is 1. The van der Waals surface area contributed by atoms with Gasteiger partial charge in [-0.3, -0.25) is 18.6 Å². The smallest absolute Gasteiger partial charge is 0.472 e. The molecule has 11 nitrogen and oxygen atoms in total. The number of aliphatic hydroxyl groups excluding tert-OH is 1. The first-order valence-corrected chi connectivity index (χ1v) is 22.2. The summed E-state index contributed by atoms with van der Waals surface area (Å²) >= 11 is 0. The van der Waals surface area contributed by atoms with Crippen molar-refractivity contribution in [3.63, 3.8) is 0 Å². The van der Waals surface area contributed by atoms with Gasteiger partial charge in [0.2, 0.25) is 5.91 Å². The number of unbranched alkanes of at least 4 members (excludes halogenated alkanes) is 16. The van der Waals surface area contributed by atoms with E-state index in [9.17, 15) is 34.1 Å². The zero-order chi connectivity index (χ0) is 40.0. The first-order valence-electron chi connectivity index (χ1n) is 20.7. The molecule has 0 bridgehead atoms. The molecule has 3 atom stereocenters. The Kier molecular flexibility index (Phi) is 35.6. The summed E-state index contributed by atoms with van der Waals surface area (Å²) in [5, 5.41) is 21.7. The zero-order valence-electron chi connectivity index (χ0n) is 33.5. The Morgan fingerprint density at radius 2 is 1.04 bits per heavy atom. The van der Waals surface area contributed by atoms with Gasteiger partial charge in [-0.25, -0.2) is 9.36 Å². The van der Waals surface area contributed by atoms with Gasteiger partial charge < -0.3 is 25.2 Å². The SMILES string of the molecule is CCCCC/C=C\C/C=C\C/C=C\C/C=C\CCCC(=O)NC(COP(=O)(O)OCC(O)COC(=O)CCCCCCCCCCCCCCC)C(=O)O. The third-order valence-corrected chi connectivity index (χ3v) is 9.57. The fourth-order valence-corrected chi connectivity index (χ4v) is 6.14. The number of hydrogen-bond acceptors (Lipinski definition) is 8. The number of hydrogen-bond donors (Lipinski definition) is 4. The van der Waals surface area contributed by atoms with Crippen LogP contribution in [0.4, 0.5) is 0 Å². The van der Waals surface area contributed by atoms with Crippen molar-refractivity contribution in [3.8, 4) is 0 Å². The van der Waals surface area contributed by atoms with Crippen LogP contribution < -0.4 is 5.32 Å². The third-order valence-electron chi connectivity index (χ3n) is 8.62. The summed E-state index contributed by atoms with van der Waals surface area (Å²) in [5.74, 6) is -2.45. The number of phosphoric ester groups is 1. The summed E-state index contributed by atoms with van der Waals surface area (Å²) in [6, 6.07) is -1.57. The molecule has 12 heteroatoms. The summed E-state index contributed by atoms with van der Waals surface area (Å²) < 4.78 is 26.7. The lowest BCUT2D eigenvalue weighted by Gasteiger charge is -2.18. The number of phosphoric acid groups is 1. The normalized spacial score (nSPS) is 14.3. The second-order valence-electron chi connectivity index (χ2n) is 13.8. The summed E-state index contributed by atoms with van der Waals surface area (Å²) in [7, 11) is -4.77. The number of carboxylic acids is 1. The van der Waals surface area contributed by atoms with Gasteiger partial charge in [-0.05, 0) is 51.4 Å². The molecule has 4 N–H and O–H groups in total. The van der Waals surface area contributed by atoms with Gasteiger partial charge >= 0.3 is 19.8 Å². The maximum absolute atomic E-state index is 12.3. The van der Waals surface area contributed by atoms with Crippen LogP contribution in [0.3, 0.4) is 0 Å². The Labute approximate surface area is 326 Å². The summed E-state index contributed by atoms with van der Waals surface area (Å²) in [5.41, 5.74) is 0. The predicted molar refractivity (Wildman–Crippen MR) is 217 cm³/mol. The topological polar surface area (TPSA) is 169 Å². The second kappa shape index (κ2) is 37.4. The highest BCUT2D eigenvalue weighted by atomic mass is 31.2. The highest BCUT2D eigenvalue weighted by molar-refractivity contribution is 7.47. The molecule has 0 saturated heterocycles. The molecule has 0 spiro atoms. The van der Waals surface area contributed by atoms with Crippen molar-refractivity contribution in [1.29, 1.82) is 0 Å². The minimum absolute atomic E-state index is 0.0688. The molecule has 0 heterocycles. The molecule has 0 aliphatic heterocycles. The number of ether oxygens (including phenoxy) is 1. The van der Waals surface area contributed by atoms with Gasteiger partial charge in [0, 0.05) is 12.8 Å². The van der Waals surface area contributed by atoms with Crippen molar-refractivity contribution < 1.29 is 47.8 Å². The van der Waals surface area contributed by atoms with E-state index in [1.807, 2.05) is 12.2 Å². The van der Waals surface area contributed by atoms with E-state index in [2.05, 4.69) is 55.6 Å². The largest absolute Gasteiger partial charge is 0.480 e. The van der Waals surface area contributed by atoms with Crippen LogP contribution in [-0.2, 0) is 32.7 Å². The second-order valence-corrected chi connectivity index (χ2v) is 15.3. The number of carboxylic acid groups (broad SMARTS) is 1. The number of carbonyl (C=O) groups is 3. The van der Waals surface area contributed by atoms with Crippen LogP contribution in [0.2, 0.25) is 0 Å². The minimum Gasteiger partial charge on any atom is -0.480 e. The Balaban J connectivity index is 4.03. The Morgan fingerprint density at radius 1 is 0.593 bits per heavy atom. The fraction of sp³-hybridized carbons (Fsp3) is 0.738.